The number of carbonyl (C=O) groups excluding carboxylic acids is 1. The summed E-state index contributed by atoms with van der Waals surface area (Å²) in [7, 11) is 0. The van der Waals surface area contributed by atoms with Gasteiger partial charge in [0.2, 0.25) is 5.91 Å². The number of piperazine rings is 1. The number of ether oxygens (including phenoxy) is 1. The normalized spacial score (nSPS) is 15.1. The summed E-state index contributed by atoms with van der Waals surface area (Å²) in [5.74, 6) is 0.635. The van der Waals surface area contributed by atoms with Crippen molar-refractivity contribution in [3.05, 3.63) is 54.1 Å². The molecule has 2 aromatic rings. The van der Waals surface area contributed by atoms with Crippen molar-refractivity contribution in [3.63, 3.8) is 0 Å². The number of amides is 1. The summed E-state index contributed by atoms with van der Waals surface area (Å²) < 4.78 is 44.5. The number of anilines is 2. The molecule has 0 radical (unpaired) electrons. The van der Waals surface area contributed by atoms with E-state index in [4.69, 9.17) is 4.74 Å². The largest absolute Gasteiger partial charge is 0.494 e. The Morgan fingerprint density at radius 2 is 1.77 bits per heavy atom. The molecular weight excluding hydrogens is 395 g/mol. The van der Waals surface area contributed by atoms with E-state index in [1.807, 2.05) is 17.0 Å². The lowest BCUT2D eigenvalue weighted by atomic mass is 10.1. The molecule has 1 aliphatic heterocycles. The van der Waals surface area contributed by atoms with Gasteiger partial charge in [0.1, 0.15) is 5.75 Å². The summed E-state index contributed by atoms with van der Waals surface area (Å²) in [5, 5.41) is 2.71. The molecule has 0 aliphatic carbocycles. The first-order chi connectivity index (χ1) is 14.3. The molecule has 1 fully saturated rings. The second-order valence-corrected chi connectivity index (χ2v) is 7.28. The molecule has 0 unspecified atom stereocenters. The van der Waals surface area contributed by atoms with E-state index in [-0.39, 0.29) is 5.91 Å². The Bertz CT molecular complexity index is 832. The van der Waals surface area contributed by atoms with Crippen LogP contribution in [0, 0.1) is 0 Å². The van der Waals surface area contributed by atoms with E-state index in [1.165, 1.54) is 19.1 Å². The predicted molar refractivity (Wildman–Crippen MR) is 111 cm³/mol. The number of rotatable bonds is 7. The number of carbonyl (C=O) groups is 1. The molecule has 1 heterocycles. The van der Waals surface area contributed by atoms with Gasteiger partial charge in [-0.15, -0.1) is 0 Å². The van der Waals surface area contributed by atoms with E-state index in [1.54, 1.807) is 18.2 Å². The zero-order chi connectivity index (χ0) is 21.6. The third-order valence-corrected chi connectivity index (χ3v) is 4.97. The van der Waals surface area contributed by atoms with Gasteiger partial charge < -0.3 is 15.0 Å². The third-order valence-electron chi connectivity index (χ3n) is 4.97. The Hall–Kier alpha value is -2.74. The standard InChI is InChI=1S/C22H26F3N3O2/c1-17(29)26-19-6-8-21(9-7-19)30-15-3-10-27-11-13-28(14-12-27)20-5-2-4-18(16-20)22(23,24)25/h2,4-9,16H,3,10-15H2,1H3,(H,26,29). The van der Waals surface area contributed by atoms with Gasteiger partial charge in [0.15, 0.2) is 0 Å². The fourth-order valence-corrected chi connectivity index (χ4v) is 3.42. The molecule has 162 valence electrons. The van der Waals surface area contributed by atoms with Crippen LogP contribution in [0.2, 0.25) is 0 Å². The van der Waals surface area contributed by atoms with Gasteiger partial charge in [-0.1, -0.05) is 6.07 Å². The number of alkyl halides is 3. The topological polar surface area (TPSA) is 44.8 Å². The summed E-state index contributed by atoms with van der Waals surface area (Å²) in [6.07, 6.45) is -3.46. The first kappa shape index (κ1) is 22.0. The van der Waals surface area contributed by atoms with Gasteiger partial charge in [-0.2, -0.15) is 13.2 Å². The van der Waals surface area contributed by atoms with Crippen LogP contribution in [0.15, 0.2) is 48.5 Å². The SMILES string of the molecule is CC(=O)Nc1ccc(OCCCN2CCN(c3cccc(C(F)(F)F)c3)CC2)cc1. The summed E-state index contributed by atoms with van der Waals surface area (Å²) in [5.41, 5.74) is 0.744. The third kappa shape index (κ3) is 6.38. The Balaban J connectivity index is 1.38. The van der Waals surface area contributed by atoms with E-state index in [9.17, 15) is 18.0 Å². The van der Waals surface area contributed by atoms with Crippen LogP contribution in [-0.4, -0.2) is 50.1 Å². The highest BCUT2D eigenvalue weighted by molar-refractivity contribution is 5.88. The summed E-state index contributed by atoms with van der Waals surface area (Å²) in [4.78, 5) is 15.3. The molecule has 0 saturated carbocycles. The lowest BCUT2D eigenvalue weighted by Crippen LogP contribution is -2.46. The van der Waals surface area contributed by atoms with Crippen molar-refractivity contribution in [2.45, 2.75) is 19.5 Å². The van der Waals surface area contributed by atoms with Crippen molar-refractivity contribution < 1.29 is 22.7 Å². The van der Waals surface area contributed by atoms with Crippen LogP contribution >= 0.6 is 0 Å². The first-order valence-electron chi connectivity index (χ1n) is 9.96. The number of benzene rings is 2. The van der Waals surface area contributed by atoms with Crippen molar-refractivity contribution in [3.8, 4) is 5.75 Å². The van der Waals surface area contributed by atoms with Crippen molar-refractivity contribution in [2.75, 3.05) is 49.5 Å². The van der Waals surface area contributed by atoms with Gasteiger partial charge in [0.05, 0.1) is 12.2 Å². The molecule has 2 aromatic carbocycles. The zero-order valence-corrected chi connectivity index (χ0v) is 16.9. The van der Waals surface area contributed by atoms with Crippen LogP contribution in [0.5, 0.6) is 5.75 Å². The second-order valence-electron chi connectivity index (χ2n) is 7.28. The van der Waals surface area contributed by atoms with Crippen LogP contribution in [0.3, 0.4) is 0 Å². The van der Waals surface area contributed by atoms with Crippen molar-refractivity contribution in [1.82, 2.24) is 4.90 Å². The summed E-state index contributed by atoms with van der Waals surface area (Å²) in [6.45, 7) is 5.93. The summed E-state index contributed by atoms with van der Waals surface area (Å²) in [6, 6.07) is 12.8. The molecule has 0 spiro atoms. The number of halogens is 3. The highest BCUT2D eigenvalue weighted by Crippen LogP contribution is 2.31. The number of nitrogens with one attached hydrogen (secondary N) is 1. The fourth-order valence-electron chi connectivity index (χ4n) is 3.42. The second kappa shape index (κ2) is 9.84. The molecule has 30 heavy (non-hydrogen) atoms. The molecule has 0 aromatic heterocycles. The predicted octanol–water partition coefficient (Wildman–Crippen LogP) is 4.25. The maximum atomic E-state index is 12.9. The molecule has 8 heteroatoms. The molecule has 3 rings (SSSR count). The Labute approximate surface area is 174 Å². The Kier molecular flexibility index (Phi) is 7.20. The van der Waals surface area contributed by atoms with Crippen molar-refractivity contribution in [2.24, 2.45) is 0 Å². The number of hydrogen-bond donors (Lipinski definition) is 1. The van der Waals surface area contributed by atoms with E-state index < -0.39 is 11.7 Å². The number of hydrogen-bond acceptors (Lipinski definition) is 4. The first-order valence-corrected chi connectivity index (χ1v) is 9.96. The van der Waals surface area contributed by atoms with Gasteiger partial charge in [0, 0.05) is 51.0 Å². The van der Waals surface area contributed by atoms with Gasteiger partial charge in [0.25, 0.3) is 0 Å². The van der Waals surface area contributed by atoms with Gasteiger partial charge in [-0.05, 0) is 48.9 Å². The molecule has 0 atom stereocenters. The minimum atomic E-state index is -4.32. The van der Waals surface area contributed by atoms with E-state index in [2.05, 4.69) is 10.2 Å². The smallest absolute Gasteiger partial charge is 0.416 e. The zero-order valence-electron chi connectivity index (χ0n) is 16.9. The van der Waals surface area contributed by atoms with Crippen LogP contribution in [0.1, 0.15) is 18.9 Å². The molecule has 0 bridgehead atoms. The molecular formula is C22H26F3N3O2. The quantitative estimate of drug-likeness (QED) is 0.679. The lowest BCUT2D eigenvalue weighted by molar-refractivity contribution is -0.137. The van der Waals surface area contributed by atoms with Crippen LogP contribution in [-0.2, 0) is 11.0 Å². The maximum absolute atomic E-state index is 12.9. The van der Waals surface area contributed by atoms with Crippen molar-refractivity contribution in [1.29, 1.82) is 0 Å². The average Bonchev–Trinajstić information content (AvgIpc) is 2.72. The Morgan fingerprint density at radius 1 is 1.07 bits per heavy atom. The minimum absolute atomic E-state index is 0.114. The van der Waals surface area contributed by atoms with E-state index in [0.717, 1.165) is 43.6 Å². The average molecular weight is 421 g/mol. The Morgan fingerprint density at radius 3 is 2.40 bits per heavy atom. The molecule has 1 aliphatic rings. The summed E-state index contributed by atoms with van der Waals surface area (Å²) >= 11 is 0. The van der Waals surface area contributed by atoms with Gasteiger partial charge in [-0.25, -0.2) is 0 Å². The highest BCUT2D eigenvalue weighted by Gasteiger charge is 2.31. The van der Waals surface area contributed by atoms with Crippen molar-refractivity contribution >= 4 is 17.3 Å². The molecule has 1 amide bonds. The highest BCUT2D eigenvalue weighted by atomic mass is 19.4. The van der Waals surface area contributed by atoms with Crippen LogP contribution in [0.25, 0.3) is 0 Å². The van der Waals surface area contributed by atoms with Crippen LogP contribution < -0.4 is 15.0 Å². The minimum Gasteiger partial charge on any atom is -0.494 e. The van der Waals surface area contributed by atoms with Crippen LogP contribution in [0.4, 0.5) is 24.5 Å². The molecule has 1 saturated heterocycles. The molecule has 5 nitrogen and oxygen atoms in total. The van der Waals surface area contributed by atoms with Gasteiger partial charge in [-0.3, -0.25) is 9.69 Å². The maximum Gasteiger partial charge on any atom is 0.416 e. The van der Waals surface area contributed by atoms with E-state index in [0.29, 0.717) is 25.4 Å². The monoisotopic (exact) mass is 421 g/mol. The van der Waals surface area contributed by atoms with E-state index >= 15 is 0 Å². The van der Waals surface area contributed by atoms with Gasteiger partial charge >= 0.3 is 6.18 Å². The molecule has 1 N–H and O–H groups in total. The number of nitrogens with zero attached hydrogens (tertiary/aromatic N) is 2. The lowest BCUT2D eigenvalue weighted by Gasteiger charge is -2.36. The fraction of sp³-hybridized carbons (Fsp3) is 0.409.